The van der Waals surface area contributed by atoms with Crippen LogP contribution < -0.4 is 5.73 Å². The number of halogens is 1. The highest BCUT2D eigenvalue weighted by atomic mass is 32.2. The highest BCUT2D eigenvalue weighted by Crippen LogP contribution is 2.23. The lowest BCUT2D eigenvalue weighted by Crippen LogP contribution is -2.28. The van der Waals surface area contributed by atoms with Crippen LogP contribution in [-0.4, -0.2) is 29.3 Å². The van der Waals surface area contributed by atoms with Gasteiger partial charge < -0.3 is 10.3 Å². The fourth-order valence-electron chi connectivity index (χ4n) is 1.76. The summed E-state index contributed by atoms with van der Waals surface area (Å²) in [6.07, 6.45) is 3.31. The number of aromatic nitrogens is 2. The lowest BCUT2D eigenvalue weighted by Gasteiger charge is -2.18. The molecule has 0 aliphatic rings. The molecule has 0 unspecified atom stereocenters. The quantitative estimate of drug-likeness (QED) is 0.853. The van der Waals surface area contributed by atoms with Crippen LogP contribution in [0.1, 0.15) is 5.82 Å². The minimum absolute atomic E-state index is 0.0999. The summed E-state index contributed by atoms with van der Waals surface area (Å²) in [4.78, 5) is 3.95. The van der Waals surface area contributed by atoms with Crippen molar-refractivity contribution < 1.29 is 12.8 Å². The van der Waals surface area contributed by atoms with Gasteiger partial charge in [0.25, 0.3) is 0 Å². The van der Waals surface area contributed by atoms with Gasteiger partial charge >= 0.3 is 0 Å². The highest BCUT2D eigenvalue weighted by Gasteiger charge is 2.24. The molecule has 6 nitrogen and oxygen atoms in total. The predicted octanol–water partition coefficient (Wildman–Crippen LogP) is 0.962. The Labute approximate surface area is 116 Å². The Bertz CT molecular complexity index is 727. The van der Waals surface area contributed by atoms with Gasteiger partial charge in [0.15, 0.2) is 0 Å². The molecule has 2 rings (SSSR count). The molecule has 1 aromatic heterocycles. The van der Waals surface area contributed by atoms with Gasteiger partial charge in [-0.15, -0.1) is 0 Å². The molecule has 0 bridgehead atoms. The molecule has 0 atom stereocenters. The Morgan fingerprint density at radius 1 is 1.45 bits per heavy atom. The van der Waals surface area contributed by atoms with Gasteiger partial charge in [-0.3, -0.25) is 0 Å². The van der Waals surface area contributed by atoms with E-state index in [4.69, 9.17) is 5.73 Å². The summed E-state index contributed by atoms with van der Waals surface area (Å²) >= 11 is 0. The van der Waals surface area contributed by atoms with Crippen molar-refractivity contribution in [3.8, 4) is 0 Å². The van der Waals surface area contributed by atoms with E-state index in [1.807, 2.05) is 0 Å². The van der Waals surface area contributed by atoms with Gasteiger partial charge in [0.2, 0.25) is 10.0 Å². The van der Waals surface area contributed by atoms with E-state index >= 15 is 0 Å². The van der Waals surface area contributed by atoms with Crippen LogP contribution in [0, 0.1) is 5.82 Å². The zero-order valence-corrected chi connectivity index (χ0v) is 11.9. The number of anilines is 1. The molecule has 0 saturated carbocycles. The van der Waals surface area contributed by atoms with Gasteiger partial charge in [-0.05, 0) is 18.2 Å². The predicted molar refractivity (Wildman–Crippen MR) is 72.7 cm³/mol. The number of sulfonamides is 1. The smallest absolute Gasteiger partial charge is 0.245 e. The average molecular weight is 298 g/mol. The molecule has 0 aliphatic heterocycles. The molecule has 2 N–H and O–H groups in total. The van der Waals surface area contributed by atoms with Crippen molar-refractivity contribution >= 4 is 15.7 Å². The van der Waals surface area contributed by atoms with Crippen LogP contribution in [-0.2, 0) is 23.6 Å². The van der Waals surface area contributed by atoms with Crippen molar-refractivity contribution in [2.45, 2.75) is 11.4 Å². The summed E-state index contributed by atoms with van der Waals surface area (Å²) in [6.45, 7) is 0.0999. The van der Waals surface area contributed by atoms with E-state index in [9.17, 15) is 12.8 Å². The summed E-state index contributed by atoms with van der Waals surface area (Å²) in [7, 11) is -0.595. The lowest BCUT2D eigenvalue weighted by molar-refractivity contribution is 0.451. The number of rotatable bonds is 4. The molecule has 0 amide bonds. The summed E-state index contributed by atoms with van der Waals surface area (Å²) in [5.41, 5.74) is 5.47. The summed E-state index contributed by atoms with van der Waals surface area (Å²) in [5.74, 6) is 0.0185. The molecule has 108 valence electrons. The number of hydrogen-bond donors (Lipinski definition) is 1. The topological polar surface area (TPSA) is 81.2 Å². The maximum absolute atomic E-state index is 13.0. The molecule has 8 heteroatoms. The monoisotopic (exact) mass is 298 g/mol. The summed E-state index contributed by atoms with van der Waals surface area (Å²) in [6, 6.07) is 3.22. The second kappa shape index (κ2) is 5.22. The van der Waals surface area contributed by atoms with Crippen molar-refractivity contribution in [1.82, 2.24) is 13.9 Å². The van der Waals surface area contributed by atoms with Crippen LogP contribution >= 0.6 is 0 Å². The molecular weight excluding hydrogens is 283 g/mol. The Hall–Kier alpha value is -1.93. The molecular formula is C12H15FN4O2S. The normalized spacial score (nSPS) is 12.0. The zero-order chi connectivity index (χ0) is 14.9. The molecule has 1 aromatic carbocycles. The van der Waals surface area contributed by atoms with E-state index < -0.39 is 15.8 Å². The first-order valence-electron chi connectivity index (χ1n) is 5.80. The highest BCUT2D eigenvalue weighted by molar-refractivity contribution is 7.89. The molecule has 0 aliphatic carbocycles. The Morgan fingerprint density at radius 3 is 2.70 bits per heavy atom. The van der Waals surface area contributed by atoms with Crippen LogP contribution in [0.5, 0.6) is 0 Å². The van der Waals surface area contributed by atoms with Gasteiger partial charge in [-0.2, -0.15) is 4.31 Å². The minimum atomic E-state index is -3.79. The van der Waals surface area contributed by atoms with Gasteiger partial charge in [-0.25, -0.2) is 17.8 Å². The van der Waals surface area contributed by atoms with Crippen LogP contribution in [0.25, 0.3) is 0 Å². The Morgan fingerprint density at radius 2 is 2.15 bits per heavy atom. The van der Waals surface area contributed by atoms with Crippen molar-refractivity contribution in [2.24, 2.45) is 7.05 Å². The molecule has 1 heterocycles. The van der Waals surface area contributed by atoms with Gasteiger partial charge in [0.1, 0.15) is 16.5 Å². The first kappa shape index (κ1) is 14.5. The maximum atomic E-state index is 13.0. The van der Waals surface area contributed by atoms with Crippen molar-refractivity contribution in [3.05, 3.63) is 42.2 Å². The Kier molecular flexibility index (Phi) is 3.78. The van der Waals surface area contributed by atoms with Crippen molar-refractivity contribution in [2.75, 3.05) is 12.8 Å². The van der Waals surface area contributed by atoms with E-state index in [-0.39, 0.29) is 17.1 Å². The van der Waals surface area contributed by atoms with E-state index in [2.05, 4.69) is 4.98 Å². The second-order valence-electron chi connectivity index (χ2n) is 4.40. The van der Waals surface area contributed by atoms with Gasteiger partial charge in [-0.1, -0.05) is 0 Å². The maximum Gasteiger partial charge on any atom is 0.245 e. The number of benzene rings is 1. The van der Waals surface area contributed by atoms with Gasteiger partial charge in [0, 0.05) is 26.5 Å². The van der Waals surface area contributed by atoms with Crippen LogP contribution in [0.4, 0.5) is 10.1 Å². The number of hydrogen-bond acceptors (Lipinski definition) is 4. The number of nitrogen functional groups attached to an aromatic ring is 1. The Balaban J connectivity index is 2.32. The van der Waals surface area contributed by atoms with Crippen LogP contribution in [0.15, 0.2) is 35.5 Å². The van der Waals surface area contributed by atoms with E-state index in [1.165, 1.54) is 7.05 Å². The van der Waals surface area contributed by atoms with E-state index in [0.29, 0.717) is 5.82 Å². The number of nitrogens with zero attached hydrogens (tertiary/aromatic N) is 3. The fourth-order valence-corrected chi connectivity index (χ4v) is 2.97. The van der Waals surface area contributed by atoms with Gasteiger partial charge in [0.05, 0.1) is 12.2 Å². The van der Waals surface area contributed by atoms with Crippen molar-refractivity contribution in [3.63, 3.8) is 0 Å². The SMILES string of the molecule is CN(Cc1nccn1C)S(=O)(=O)c1ccc(F)cc1N. The summed E-state index contributed by atoms with van der Waals surface area (Å²) < 4.78 is 40.6. The lowest BCUT2D eigenvalue weighted by atomic mass is 10.3. The third kappa shape index (κ3) is 2.66. The minimum Gasteiger partial charge on any atom is -0.398 e. The third-order valence-corrected chi connectivity index (χ3v) is 4.82. The third-order valence-electron chi connectivity index (χ3n) is 2.95. The standard InChI is InChI=1S/C12H15FN4O2S/c1-16-6-5-15-12(16)8-17(2)20(18,19)11-4-3-9(13)7-10(11)14/h3-7H,8,14H2,1-2H3. The zero-order valence-electron chi connectivity index (χ0n) is 11.1. The number of nitrogens with two attached hydrogens (primary N) is 1. The first-order chi connectivity index (χ1) is 9.32. The molecule has 0 radical (unpaired) electrons. The van der Waals surface area contributed by atoms with Crippen LogP contribution in [0.2, 0.25) is 0 Å². The van der Waals surface area contributed by atoms with Crippen molar-refractivity contribution in [1.29, 1.82) is 0 Å². The largest absolute Gasteiger partial charge is 0.398 e. The fraction of sp³-hybridized carbons (Fsp3) is 0.250. The molecule has 0 fully saturated rings. The van der Waals surface area contributed by atoms with Crippen LogP contribution in [0.3, 0.4) is 0 Å². The first-order valence-corrected chi connectivity index (χ1v) is 7.24. The summed E-state index contributed by atoms with van der Waals surface area (Å²) in [5, 5.41) is 0. The second-order valence-corrected chi connectivity index (χ2v) is 6.41. The molecule has 0 spiro atoms. The molecule has 0 saturated heterocycles. The van der Waals surface area contributed by atoms with E-state index in [0.717, 1.165) is 22.5 Å². The number of aryl methyl sites for hydroxylation is 1. The number of imidazole rings is 1. The molecule has 20 heavy (non-hydrogen) atoms. The molecule has 2 aromatic rings. The average Bonchev–Trinajstić information content (AvgIpc) is 2.74. The van der Waals surface area contributed by atoms with E-state index in [1.54, 1.807) is 24.0 Å².